The first-order chi connectivity index (χ1) is 12.2. The third kappa shape index (κ3) is 4.47. The maximum atomic E-state index is 13.0. The van der Waals surface area contributed by atoms with Crippen LogP contribution in [0, 0.1) is 14.9 Å². The zero-order chi connectivity index (χ0) is 18.9. The van der Waals surface area contributed by atoms with Crippen LogP contribution in [0.3, 0.4) is 0 Å². The number of para-hydroxylation sites is 1. The number of rotatable bonds is 7. The molecule has 0 atom stereocenters. The van der Waals surface area contributed by atoms with E-state index in [-0.39, 0.29) is 30.5 Å². The minimum Gasteiger partial charge on any atom is -0.303 e. The summed E-state index contributed by atoms with van der Waals surface area (Å²) in [4.78, 5) is 11.6. The third-order valence-electron chi connectivity index (χ3n) is 4.02. The highest BCUT2D eigenvalue weighted by molar-refractivity contribution is 7.71. The fourth-order valence-electron chi connectivity index (χ4n) is 2.71. The molecule has 7 nitrogen and oxygen atoms in total. The molecule has 0 saturated heterocycles. The second kappa shape index (κ2) is 7.16. The summed E-state index contributed by atoms with van der Waals surface area (Å²) >= 11 is 5.28. The SMILES string of the molecule is O=[N+]([O-])c1ccccc1CN(Cn1ncn(C2CC2)c1=S)CC(F)(F)F. The molecule has 140 valence electrons. The molecule has 0 unspecified atom stereocenters. The van der Waals surface area contributed by atoms with Gasteiger partial charge in [0.05, 0.1) is 18.1 Å². The summed E-state index contributed by atoms with van der Waals surface area (Å²) in [5.74, 6) is 0. The molecule has 1 aromatic heterocycles. The predicted octanol–water partition coefficient (Wildman–Crippen LogP) is 3.68. The van der Waals surface area contributed by atoms with Gasteiger partial charge in [-0.1, -0.05) is 18.2 Å². The van der Waals surface area contributed by atoms with Crippen molar-refractivity contribution in [1.29, 1.82) is 0 Å². The van der Waals surface area contributed by atoms with Crippen LogP contribution in [0.25, 0.3) is 0 Å². The normalized spacial score (nSPS) is 14.8. The van der Waals surface area contributed by atoms with Gasteiger partial charge in [-0.25, -0.2) is 4.68 Å². The van der Waals surface area contributed by atoms with Gasteiger partial charge in [0.15, 0.2) is 4.77 Å². The van der Waals surface area contributed by atoms with Crippen molar-refractivity contribution in [2.75, 3.05) is 6.54 Å². The summed E-state index contributed by atoms with van der Waals surface area (Å²) in [7, 11) is 0. The van der Waals surface area contributed by atoms with E-state index < -0.39 is 17.6 Å². The van der Waals surface area contributed by atoms with Crippen LogP contribution in [0.1, 0.15) is 24.4 Å². The van der Waals surface area contributed by atoms with E-state index in [1.54, 1.807) is 10.6 Å². The molecule has 3 rings (SSSR count). The summed E-state index contributed by atoms with van der Waals surface area (Å²) < 4.78 is 42.4. The van der Waals surface area contributed by atoms with Gasteiger partial charge >= 0.3 is 6.18 Å². The maximum absolute atomic E-state index is 13.0. The fraction of sp³-hybridized carbons (Fsp3) is 0.467. The van der Waals surface area contributed by atoms with E-state index >= 15 is 0 Å². The van der Waals surface area contributed by atoms with Gasteiger partial charge < -0.3 is 4.57 Å². The van der Waals surface area contributed by atoms with E-state index in [0.29, 0.717) is 4.77 Å². The number of nitrogens with zero attached hydrogens (tertiary/aromatic N) is 5. The molecule has 1 heterocycles. The number of alkyl halides is 3. The molecular formula is C15H16F3N5O2S. The molecule has 0 N–H and O–H groups in total. The van der Waals surface area contributed by atoms with Crippen molar-refractivity contribution in [2.45, 2.75) is 38.3 Å². The van der Waals surface area contributed by atoms with Crippen LogP contribution in [0.5, 0.6) is 0 Å². The Morgan fingerprint density at radius 3 is 2.65 bits per heavy atom. The van der Waals surface area contributed by atoms with Gasteiger partial charge in [0, 0.05) is 24.2 Å². The molecule has 1 aliphatic carbocycles. The third-order valence-corrected chi connectivity index (χ3v) is 4.44. The van der Waals surface area contributed by atoms with Crippen LogP contribution in [-0.4, -0.2) is 36.9 Å². The van der Waals surface area contributed by atoms with E-state index in [4.69, 9.17) is 12.2 Å². The first-order valence-electron chi connectivity index (χ1n) is 7.90. The van der Waals surface area contributed by atoms with E-state index in [1.807, 2.05) is 0 Å². The molecule has 0 spiro atoms. The number of hydrogen-bond acceptors (Lipinski definition) is 5. The molecule has 26 heavy (non-hydrogen) atoms. The van der Waals surface area contributed by atoms with Crippen molar-refractivity contribution < 1.29 is 18.1 Å². The minimum atomic E-state index is -4.45. The van der Waals surface area contributed by atoms with Gasteiger partial charge in [-0.2, -0.15) is 18.3 Å². The average molecular weight is 387 g/mol. The molecule has 1 saturated carbocycles. The van der Waals surface area contributed by atoms with E-state index in [9.17, 15) is 23.3 Å². The lowest BCUT2D eigenvalue weighted by Gasteiger charge is -2.23. The van der Waals surface area contributed by atoms with Crippen molar-refractivity contribution in [2.24, 2.45) is 0 Å². The zero-order valence-electron chi connectivity index (χ0n) is 13.6. The summed E-state index contributed by atoms with van der Waals surface area (Å²) in [5.41, 5.74) is -0.0123. The molecule has 0 bridgehead atoms. The number of nitro groups is 1. The van der Waals surface area contributed by atoms with Crippen LogP contribution in [-0.2, 0) is 13.2 Å². The average Bonchev–Trinajstić information content (AvgIpc) is 3.32. The Morgan fingerprint density at radius 1 is 1.35 bits per heavy atom. The van der Waals surface area contributed by atoms with Gasteiger partial charge in [0.25, 0.3) is 5.69 Å². The molecular weight excluding hydrogens is 371 g/mol. The van der Waals surface area contributed by atoms with Crippen LogP contribution in [0.2, 0.25) is 0 Å². The van der Waals surface area contributed by atoms with Crippen molar-refractivity contribution in [1.82, 2.24) is 19.2 Å². The van der Waals surface area contributed by atoms with Crippen LogP contribution in [0.15, 0.2) is 30.6 Å². The molecule has 0 aliphatic heterocycles. The largest absolute Gasteiger partial charge is 0.401 e. The first kappa shape index (κ1) is 18.5. The Balaban J connectivity index is 1.84. The Kier molecular flexibility index (Phi) is 5.10. The maximum Gasteiger partial charge on any atom is 0.401 e. The number of nitro benzene ring substituents is 1. The van der Waals surface area contributed by atoms with Gasteiger partial charge in [-0.3, -0.25) is 15.0 Å². The van der Waals surface area contributed by atoms with Crippen LogP contribution < -0.4 is 0 Å². The predicted molar refractivity (Wildman–Crippen MR) is 88.9 cm³/mol. The van der Waals surface area contributed by atoms with Gasteiger partial charge in [0.2, 0.25) is 0 Å². The molecule has 1 aliphatic rings. The van der Waals surface area contributed by atoms with Crippen molar-refractivity contribution >= 4 is 17.9 Å². The second-order valence-corrected chi connectivity index (χ2v) is 6.55. The Bertz CT molecular complexity index is 859. The minimum absolute atomic E-state index is 0.204. The number of benzene rings is 1. The van der Waals surface area contributed by atoms with Gasteiger partial charge in [-0.05, 0) is 25.1 Å². The molecule has 0 radical (unpaired) electrons. The van der Waals surface area contributed by atoms with Crippen LogP contribution >= 0.6 is 12.2 Å². The van der Waals surface area contributed by atoms with Crippen molar-refractivity contribution in [3.63, 3.8) is 0 Å². The topological polar surface area (TPSA) is 69.1 Å². The monoisotopic (exact) mass is 387 g/mol. The molecule has 1 fully saturated rings. The van der Waals surface area contributed by atoms with Gasteiger partial charge in [0.1, 0.15) is 6.33 Å². The van der Waals surface area contributed by atoms with Crippen molar-refractivity contribution in [3.8, 4) is 0 Å². The van der Waals surface area contributed by atoms with Crippen molar-refractivity contribution in [3.05, 3.63) is 51.0 Å². The number of hydrogen-bond donors (Lipinski definition) is 0. The lowest BCUT2D eigenvalue weighted by Crippen LogP contribution is -2.35. The summed E-state index contributed by atoms with van der Waals surface area (Å²) in [6, 6.07) is 6.02. The standard InChI is InChI=1S/C15H16F3N5O2S/c16-15(17,18)8-20(7-11-3-1-2-4-13(11)23(24)25)10-22-14(26)21(9-19-22)12-5-6-12/h1-4,9,12H,5-8,10H2. The van der Waals surface area contributed by atoms with E-state index in [2.05, 4.69) is 5.10 Å². The Hall–Kier alpha value is -2.27. The molecule has 11 heteroatoms. The second-order valence-electron chi connectivity index (χ2n) is 6.18. The summed E-state index contributed by atoms with van der Waals surface area (Å²) in [6.07, 6.45) is -0.980. The number of aromatic nitrogens is 3. The quantitative estimate of drug-likeness (QED) is 0.412. The Labute approximate surface area is 151 Å². The van der Waals surface area contributed by atoms with Gasteiger partial charge in [-0.15, -0.1) is 0 Å². The lowest BCUT2D eigenvalue weighted by molar-refractivity contribution is -0.385. The Morgan fingerprint density at radius 2 is 2.04 bits per heavy atom. The smallest absolute Gasteiger partial charge is 0.303 e. The molecule has 2 aromatic rings. The van der Waals surface area contributed by atoms with E-state index in [1.165, 1.54) is 29.2 Å². The molecule has 0 amide bonds. The first-order valence-corrected chi connectivity index (χ1v) is 8.31. The zero-order valence-corrected chi connectivity index (χ0v) is 14.4. The fourth-order valence-corrected chi connectivity index (χ4v) is 3.01. The summed E-state index contributed by atoms with van der Waals surface area (Å²) in [6.45, 7) is -1.67. The highest BCUT2D eigenvalue weighted by Gasteiger charge is 2.32. The van der Waals surface area contributed by atoms with Crippen LogP contribution in [0.4, 0.5) is 18.9 Å². The lowest BCUT2D eigenvalue weighted by atomic mass is 10.1. The highest BCUT2D eigenvalue weighted by Crippen LogP contribution is 2.34. The van der Waals surface area contributed by atoms with E-state index in [0.717, 1.165) is 17.7 Å². The summed E-state index contributed by atoms with van der Waals surface area (Å²) in [5, 5.41) is 15.2. The molecule has 1 aromatic carbocycles. The number of halogens is 3. The highest BCUT2D eigenvalue weighted by atomic mass is 32.1.